The quantitative estimate of drug-likeness (QED) is 0.0600. The van der Waals surface area contributed by atoms with Crippen LogP contribution in [0.15, 0.2) is 112 Å². The lowest BCUT2D eigenvalue weighted by Crippen LogP contribution is -2.50. The highest BCUT2D eigenvalue weighted by atomic mass is 19.1. The molecule has 1 aliphatic heterocycles. The third-order valence-electron chi connectivity index (χ3n) is 7.86. The monoisotopic (exact) mass is 648 g/mol. The normalized spacial score (nSPS) is 16.5. The van der Waals surface area contributed by atoms with Gasteiger partial charge in [-0.1, -0.05) is 70.9 Å². The first kappa shape index (κ1) is 33.5. The largest absolute Gasteiger partial charge is 0.494 e. The molecule has 1 heterocycles. The van der Waals surface area contributed by atoms with Crippen molar-refractivity contribution in [1.82, 2.24) is 5.32 Å². The van der Waals surface area contributed by atoms with Gasteiger partial charge in [0.15, 0.2) is 11.6 Å². The highest BCUT2D eigenvalue weighted by Crippen LogP contribution is 2.44. The Labute approximate surface area is 276 Å². The second-order valence-electron chi connectivity index (χ2n) is 11.0. The van der Waals surface area contributed by atoms with Crippen molar-refractivity contribution < 1.29 is 23.8 Å². The molecular formula is C35H33FN8O4. The summed E-state index contributed by atoms with van der Waals surface area (Å²) in [4.78, 5) is 25.5. The van der Waals surface area contributed by atoms with Crippen LogP contribution in [0.2, 0.25) is 0 Å². The van der Waals surface area contributed by atoms with Crippen molar-refractivity contribution in [3.8, 4) is 5.75 Å². The Morgan fingerprint density at radius 2 is 1.77 bits per heavy atom. The molecule has 0 bridgehead atoms. The third kappa shape index (κ3) is 7.91. The van der Waals surface area contributed by atoms with Crippen molar-refractivity contribution in [1.29, 1.82) is 0 Å². The maximum Gasteiger partial charge on any atom is 0.252 e. The van der Waals surface area contributed by atoms with Crippen LogP contribution < -0.4 is 10.1 Å². The molecule has 0 saturated heterocycles. The van der Waals surface area contributed by atoms with E-state index in [0.29, 0.717) is 58.7 Å². The van der Waals surface area contributed by atoms with Gasteiger partial charge in [-0.3, -0.25) is 4.79 Å². The number of aliphatic imine (C=N–C) groups is 1. The Morgan fingerprint density at radius 1 is 1.00 bits per heavy atom. The van der Waals surface area contributed by atoms with E-state index < -0.39 is 17.6 Å². The van der Waals surface area contributed by atoms with Crippen LogP contribution in [0.1, 0.15) is 40.3 Å². The molecule has 12 nitrogen and oxygen atoms in total. The van der Waals surface area contributed by atoms with E-state index in [0.717, 1.165) is 0 Å². The molecule has 0 aromatic heterocycles. The molecule has 48 heavy (non-hydrogen) atoms. The number of ether oxygens (including phenoxy) is 2. The first-order valence-electron chi connectivity index (χ1n) is 15.3. The van der Waals surface area contributed by atoms with E-state index in [2.05, 4.69) is 25.4 Å². The van der Waals surface area contributed by atoms with Gasteiger partial charge in [-0.15, -0.1) is 0 Å². The number of rotatable bonds is 15. The number of halogens is 1. The Morgan fingerprint density at radius 3 is 2.52 bits per heavy atom. The van der Waals surface area contributed by atoms with Gasteiger partial charge < -0.3 is 19.9 Å². The Balaban J connectivity index is 1.61. The van der Waals surface area contributed by atoms with Crippen LogP contribution in [-0.2, 0) is 28.9 Å². The summed E-state index contributed by atoms with van der Waals surface area (Å²) in [6.07, 6.45) is -0.156. The van der Waals surface area contributed by atoms with Crippen molar-refractivity contribution in [2.24, 2.45) is 15.2 Å². The van der Waals surface area contributed by atoms with Gasteiger partial charge in [-0.2, -0.15) is 0 Å². The maximum atomic E-state index is 14.6. The van der Waals surface area contributed by atoms with E-state index in [9.17, 15) is 14.7 Å². The molecule has 1 aliphatic rings. The number of carbonyl (C=O) groups excluding carboxylic acids is 1. The first-order chi connectivity index (χ1) is 23.5. The molecule has 0 unspecified atom stereocenters. The highest BCUT2D eigenvalue weighted by molar-refractivity contribution is 6.01. The van der Waals surface area contributed by atoms with E-state index in [4.69, 9.17) is 25.1 Å². The van der Waals surface area contributed by atoms with E-state index >= 15 is 0 Å². The second kappa shape index (κ2) is 16.1. The summed E-state index contributed by atoms with van der Waals surface area (Å²) in [5.74, 6) is -0.0455. The lowest BCUT2D eigenvalue weighted by atomic mass is 9.80. The summed E-state index contributed by atoms with van der Waals surface area (Å²) >= 11 is 0. The topological polar surface area (TPSA) is 178 Å². The molecule has 0 radical (unpaired) electrons. The number of aliphatic hydroxyl groups excluding tert-OH is 1. The fourth-order valence-corrected chi connectivity index (χ4v) is 5.56. The van der Waals surface area contributed by atoms with Crippen LogP contribution in [0.4, 0.5) is 10.1 Å². The maximum absolute atomic E-state index is 14.6. The van der Waals surface area contributed by atoms with Gasteiger partial charge in [-0.25, -0.2) is 9.38 Å². The highest BCUT2D eigenvalue weighted by Gasteiger charge is 2.54. The molecule has 4 aromatic carbocycles. The van der Waals surface area contributed by atoms with E-state index in [1.165, 1.54) is 12.1 Å². The predicted octanol–water partition coefficient (Wildman–Crippen LogP) is 7.20. The molecule has 2 atom stereocenters. The zero-order valence-electron chi connectivity index (χ0n) is 25.9. The van der Waals surface area contributed by atoms with Crippen molar-refractivity contribution in [2.75, 3.05) is 19.8 Å². The molecule has 0 saturated carbocycles. The summed E-state index contributed by atoms with van der Waals surface area (Å²) in [5.41, 5.74) is 20.2. The average molecular weight is 649 g/mol. The first-order valence-corrected chi connectivity index (χ1v) is 15.3. The summed E-state index contributed by atoms with van der Waals surface area (Å²) < 4.78 is 26.2. The molecule has 13 heteroatoms. The minimum absolute atomic E-state index is 0.00826. The molecular weight excluding hydrogens is 615 g/mol. The number of benzene rings is 4. The summed E-state index contributed by atoms with van der Waals surface area (Å²) in [5, 5.41) is 19.7. The van der Waals surface area contributed by atoms with Crippen molar-refractivity contribution in [3.05, 3.63) is 152 Å². The van der Waals surface area contributed by atoms with Crippen LogP contribution in [0, 0.1) is 5.82 Å². The number of carbonyl (C=O) groups is 1. The Kier molecular flexibility index (Phi) is 11.2. The molecule has 2 N–H and O–H groups in total. The zero-order chi connectivity index (χ0) is 33.8. The van der Waals surface area contributed by atoms with Gasteiger partial charge in [0.2, 0.25) is 5.90 Å². The third-order valence-corrected chi connectivity index (χ3v) is 7.86. The number of hydrogen-bond acceptors (Lipinski definition) is 7. The molecule has 0 spiro atoms. The predicted molar refractivity (Wildman–Crippen MR) is 178 cm³/mol. The minimum Gasteiger partial charge on any atom is -0.494 e. The van der Waals surface area contributed by atoms with Gasteiger partial charge >= 0.3 is 0 Å². The molecule has 4 aromatic rings. The molecule has 5 rings (SSSR count). The number of nitrogens with one attached hydrogen (secondary N) is 1. The van der Waals surface area contributed by atoms with Gasteiger partial charge in [0.1, 0.15) is 11.6 Å². The zero-order valence-corrected chi connectivity index (χ0v) is 25.9. The number of hydrogen-bond donors (Lipinski definition) is 2. The van der Waals surface area contributed by atoms with Crippen molar-refractivity contribution in [2.45, 2.75) is 37.5 Å². The number of amides is 1. The van der Waals surface area contributed by atoms with Gasteiger partial charge in [-0.05, 0) is 76.1 Å². The van der Waals surface area contributed by atoms with Gasteiger partial charge in [0.25, 0.3) is 5.91 Å². The van der Waals surface area contributed by atoms with E-state index in [-0.39, 0.29) is 37.8 Å². The lowest BCUT2D eigenvalue weighted by Gasteiger charge is -2.32. The van der Waals surface area contributed by atoms with E-state index in [1.54, 1.807) is 84.9 Å². The summed E-state index contributed by atoms with van der Waals surface area (Å²) in [7, 11) is 0. The molecule has 244 valence electrons. The number of nitrogens with zero attached hydrogens (tertiary/aromatic N) is 7. The van der Waals surface area contributed by atoms with Crippen LogP contribution in [0.5, 0.6) is 5.75 Å². The second-order valence-corrected chi connectivity index (χ2v) is 11.0. The minimum atomic E-state index is -1.62. The summed E-state index contributed by atoms with van der Waals surface area (Å²) in [6, 6.07) is 27.3. The Hall–Kier alpha value is -5.87. The van der Waals surface area contributed by atoms with Gasteiger partial charge in [0, 0.05) is 47.1 Å². The Bertz CT molecular complexity index is 1870. The average Bonchev–Trinajstić information content (AvgIpc) is 3.49. The van der Waals surface area contributed by atoms with Gasteiger partial charge in [0.05, 0.1) is 13.2 Å². The molecule has 0 aliphatic carbocycles. The molecule has 0 fully saturated rings. The van der Waals surface area contributed by atoms with E-state index in [1.807, 2.05) is 0 Å². The fraction of sp³-hybridized carbons (Fsp3) is 0.257. The lowest BCUT2D eigenvalue weighted by molar-refractivity contribution is -0.128. The van der Waals surface area contributed by atoms with Crippen LogP contribution in [0.3, 0.4) is 0 Å². The van der Waals surface area contributed by atoms with Crippen LogP contribution in [0.25, 0.3) is 20.9 Å². The van der Waals surface area contributed by atoms with Crippen molar-refractivity contribution in [3.63, 3.8) is 0 Å². The van der Waals surface area contributed by atoms with Crippen LogP contribution >= 0.6 is 0 Å². The molecule has 1 amide bonds. The number of aliphatic hydroxyl groups is 1. The SMILES string of the molecule is [N-]=[N+]=NCc1ccccc1[C@H]1OC(c2ccc(OCCCO)cc2)=N[C@@]1(Cc1ccccc1N=[N+]=[N-])C(=O)NCCc1cccc(F)c1. The summed E-state index contributed by atoms with van der Waals surface area (Å²) in [6.45, 7) is 0.551. The fourth-order valence-electron chi connectivity index (χ4n) is 5.56. The van der Waals surface area contributed by atoms with Crippen molar-refractivity contribution >= 4 is 17.5 Å². The smallest absolute Gasteiger partial charge is 0.252 e. The van der Waals surface area contributed by atoms with Crippen LogP contribution in [-0.4, -0.2) is 42.2 Å². The standard InChI is InChI=1S/C35H33FN8O4/c36-28-10-5-7-24(21-28)17-18-39-34(46)35(22-26-8-2-4-12-31(26)42-44-38)32(30-11-3-1-9-27(30)23-40-43-37)48-33(41-35)25-13-15-29(16-14-25)47-20-6-19-45/h1-5,7-16,21,32,45H,6,17-20,22-23H2,(H,39,46)/t32-,35-/m1/s1. The number of azide groups is 2.